The van der Waals surface area contributed by atoms with Gasteiger partial charge in [0.2, 0.25) is 0 Å². The van der Waals surface area contributed by atoms with Gasteiger partial charge in [-0.05, 0) is 29.5 Å². The molecule has 1 aromatic rings. The Labute approximate surface area is 140 Å². The molecule has 0 bridgehead atoms. The Bertz CT molecular complexity index is 476. The molecule has 2 rings (SSSR count). The van der Waals surface area contributed by atoms with Gasteiger partial charge in [0.1, 0.15) is 32.0 Å². The van der Waals surface area contributed by atoms with E-state index in [2.05, 4.69) is 45.9 Å². The van der Waals surface area contributed by atoms with Crippen LogP contribution in [0.1, 0.15) is 31.9 Å². The van der Waals surface area contributed by atoms with Crippen LogP contribution in [0.15, 0.2) is 18.2 Å². The molecule has 0 saturated carbocycles. The van der Waals surface area contributed by atoms with Crippen LogP contribution in [0, 0.1) is 6.92 Å². The Hall–Kier alpha value is -1.10. The standard InChI is InChI=1S/C19H31NO3/c1-16-5-6-17(19(2,3)4)18(15-16)23-14-13-22-12-9-20-7-10-21-11-8-20/h5-6,15H,7-14H2,1-4H3/p+1. The quantitative estimate of drug-likeness (QED) is 0.774. The molecule has 0 atom stereocenters. The highest BCUT2D eigenvalue weighted by Crippen LogP contribution is 2.31. The van der Waals surface area contributed by atoms with Gasteiger partial charge in [-0.3, -0.25) is 0 Å². The molecule has 4 nitrogen and oxygen atoms in total. The van der Waals surface area contributed by atoms with Gasteiger partial charge in [-0.25, -0.2) is 0 Å². The Morgan fingerprint density at radius 1 is 1.09 bits per heavy atom. The Balaban J connectivity index is 1.70. The molecule has 1 heterocycles. The van der Waals surface area contributed by atoms with Gasteiger partial charge in [-0.15, -0.1) is 0 Å². The van der Waals surface area contributed by atoms with Crippen LogP contribution in [0.4, 0.5) is 0 Å². The van der Waals surface area contributed by atoms with Crippen molar-refractivity contribution in [3.63, 3.8) is 0 Å². The van der Waals surface area contributed by atoms with Gasteiger partial charge in [0, 0.05) is 0 Å². The molecule has 1 aromatic carbocycles. The van der Waals surface area contributed by atoms with Gasteiger partial charge in [0.15, 0.2) is 0 Å². The highest BCUT2D eigenvalue weighted by Gasteiger charge is 2.19. The zero-order valence-electron chi connectivity index (χ0n) is 15.1. The second kappa shape index (κ2) is 8.67. The summed E-state index contributed by atoms with van der Waals surface area (Å²) in [5.74, 6) is 0.986. The van der Waals surface area contributed by atoms with Crippen LogP contribution in [-0.4, -0.2) is 52.7 Å². The first-order valence-electron chi connectivity index (χ1n) is 8.70. The van der Waals surface area contributed by atoms with Crippen LogP contribution in [-0.2, 0) is 14.9 Å². The molecule has 1 aliphatic rings. The van der Waals surface area contributed by atoms with Crippen molar-refractivity contribution in [2.45, 2.75) is 33.1 Å². The van der Waals surface area contributed by atoms with Gasteiger partial charge in [0.05, 0.1) is 26.4 Å². The third-order valence-electron chi connectivity index (χ3n) is 4.23. The predicted molar refractivity (Wildman–Crippen MR) is 92.6 cm³/mol. The Morgan fingerprint density at radius 3 is 2.52 bits per heavy atom. The third kappa shape index (κ3) is 6.13. The maximum atomic E-state index is 5.98. The van der Waals surface area contributed by atoms with Gasteiger partial charge < -0.3 is 19.1 Å². The summed E-state index contributed by atoms with van der Waals surface area (Å²) in [6, 6.07) is 6.45. The van der Waals surface area contributed by atoms with Crippen molar-refractivity contribution in [3.05, 3.63) is 29.3 Å². The molecule has 1 fully saturated rings. The Morgan fingerprint density at radius 2 is 1.83 bits per heavy atom. The van der Waals surface area contributed by atoms with Gasteiger partial charge in [-0.2, -0.15) is 0 Å². The molecule has 1 N–H and O–H groups in total. The fraction of sp³-hybridized carbons (Fsp3) is 0.684. The lowest BCUT2D eigenvalue weighted by molar-refractivity contribution is -0.908. The lowest BCUT2D eigenvalue weighted by Gasteiger charge is -2.24. The minimum absolute atomic E-state index is 0.0869. The zero-order chi connectivity index (χ0) is 16.7. The summed E-state index contributed by atoms with van der Waals surface area (Å²) >= 11 is 0. The number of morpholine rings is 1. The molecule has 4 heteroatoms. The number of aryl methyl sites for hydroxylation is 1. The predicted octanol–water partition coefficient (Wildman–Crippen LogP) is 1.60. The summed E-state index contributed by atoms with van der Waals surface area (Å²) in [4.78, 5) is 1.57. The molecular weight excluding hydrogens is 290 g/mol. The molecule has 0 aromatic heterocycles. The summed E-state index contributed by atoms with van der Waals surface area (Å²) in [5, 5.41) is 0. The number of benzene rings is 1. The Kier molecular flexibility index (Phi) is 6.88. The summed E-state index contributed by atoms with van der Waals surface area (Å²) in [6.45, 7) is 15.8. The van der Waals surface area contributed by atoms with E-state index in [1.165, 1.54) is 11.1 Å². The molecule has 0 amide bonds. The number of nitrogens with one attached hydrogen (secondary N) is 1. The lowest BCUT2D eigenvalue weighted by atomic mass is 9.86. The van der Waals surface area contributed by atoms with Crippen LogP contribution >= 0.6 is 0 Å². The summed E-state index contributed by atoms with van der Waals surface area (Å²) in [7, 11) is 0. The van der Waals surface area contributed by atoms with E-state index in [9.17, 15) is 0 Å². The van der Waals surface area contributed by atoms with Crippen LogP contribution in [0.25, 0.3) is 0 Å². The average Bonchev–Trinajstić information content (AvgIpc) is 2.50. The molecule has 23 heavy (non-hydrogen) atoms. The number of hydrogen-bond acceptors (Lipinski definition) is 3. The van der Waals surface area contributed by atoms with Gasteiger partial charge in [-0.1, -0.05) is 32.9 Å². The second-order valence-electron chi connectivity index (χ2n) is 7.32. The van der Waals surface area contributed by atoms with Crippen molar-refractivity contribution in [1.82, 2.24) is 0 Å². The maximum Gasteiger partial charge on any atom is 0.123 e. The van der Waals surface area contributed by atoms with E-state index in [1.54, 1.807) is 4.90 Å². The van der Waals surface area contributed by atoms with E-state index < -0.39 is 0 Å². The highest BCUT2D eigenvalue weighted by atomic mass is 16.5. The topological polar surface area (TPSA) is 32.1 Å². The minimum Gasteiger partial charge on any atom is -0.491 e. The monoisotopic (exact) mass is 322 g/mol. The summed E-state index contributed by atoms with van der Waals surface area (Å²) in [6.07, 6.45) is 0. The minimum atomic E-state index is 0.0869. The van der Waals surface area contributed by atoms with Crippen molar-refractivity contribution in [1.29, 1.82) is 0 Å². The number of rotatable bonds is 7. The van der Waals surface area contributed by atoms with Crippen molar-refractivity contribution in [3.8, 4) is 5.75 Å². The molecule has 0 unspecified atom stereocenters. The van der Waals surface area contributed by atoms with E-state index in [4.69, 9.17) is 14.2 Å². The van der Waals surface area contributed by atoms with E-state index in [0.717, 1.165) is 45.2 Å². The number of ether oxygens (including phenoxy) is 3. The first-order chi connectivity index (χ1) is 11.0. The third-order valence-corrected chi connectivity index (χ3v) is 4.23. The van der Waals surface area contributed by atoms with Crippen LogP contribution in [0.2, 0.25) is 0 Å². The van der Waals surface area contributed by atoms with Crippen LogP contribution in [0.5, 0.6) is 5.75 Å². The first-order valence-corrected chi connectivity index (χ1v) is 8.70. The number of quaternary nitrogens is 1. The normalized spacial score (nSPS) is 16.5. The van der Waals surface area contributed by atoms with Crippen molar-refractivity contribution in [2.24, 2.45) is 0 Å². The SMILES string of the molecule is Cc1ccc(C(C)(C)C)c(OCCOCC[NH+]2CCOCC2)c1. The molecular formula is C19H32NO3+. The van der Waals surface area contributed by atoms with Crippen molar-refractivity contribution < 1.29 is 19.1 Å². The first kappa shape index (κ1) is 18.2. The molecule has 1 aliphatic heterocycles. The average molecular weight is 322 g/mol. The molecule has 0 aliphatic carbocycles. The van der Waals surface area contributed by atoms with Crippen LogP contribution in [0.3, 0.4) is 0 Å². The highest BCUT2D eigenvalue weighted by molar-refractivity contribution is 5.41. The van der Waals surface area contributed by atoms with Gasteiger partial charge in [0.25, 0.3) is 0 Å². The fourth-order valence-corrected chi connectivity index (χ4v) is 2.81. The fourth-order valence-electron chi connectivity index (χ4n) is 2.81. The van der Waals surface area contributed by atoms with Crippen molar-refractivity contribution in [2.75, 3.05) is 52.7 Å². The zero-order valence-corrected chi connectivity index (χ0v) is 15.1. The van der Waals surface area contributed by atoms with E-state index in [0.29, 0.717) is 13.2 Å². The smallest absolute Gasteiger partial charge is 0.123 e. The van der Waals surface area contributed by atoms with Crippen LogP contribution < -0.4 is 9.64 Å². The molecule has 130 valence electrons. The van der Waals surface area contributed by atoms with Crippen molar-refractivity contribution >= 4 is 0 Å². The number of hydrogen-bond donors (Lipinski definition) is 1. The van der Waals surface area contributed by atoms with E-state index >= 15 is 0 Å². The maximum absolute atomic E-state index is 5.98. The summed E-state index contributed by atoms with van der Waals surface area (Å²) in [5.41, 5.74) is 2.56. The second-order valence-corrected chi connectivity index (χ2v) is 7.32. The van der Waals surface area contributed by atoms with E-state index in [1.807, 2.05) is 0 Å². The largest absolute Gasteiger partial charge is 0.491 e. The molecule has 1 saturated heterocycles. The molecule has 0 radical (unpaired) electrons. The summed E-state index contributed by atoms with van der Waals surface area (Å²) < 4.78 is 17.1. The lowest BCUT2D eigenvalue weighted by Crippen LogP contribution is -3.14. The molecule has 0 spiro atoms. The van der Waals surface area contributed by atoms with E-state index in [-0.39, 0.29) is 5.41 Å². The van der Waals surface area contributed by atoms with Gasteiger partial charge >= 0.3 is 0 Å².